The minimum Gasteiger partial charge on any atom is -0.367 e. The molecule has 3 rings (SSSR count). The van der Waals surface area contributed by atoms with Gasteiger partial charge in [-0.15, -0.1) is 11.8 Å². The zero-order valence-electron chi connectivity index (χ0n) is 15.2. The summed E-state index contributed by atoms with van der Waals surface area (Å²) in [6, 6.07) is 14.4. The molecule has 1 saturated heterocycles. The van der Waals surface area contributed by atoms with Crippen LogP contribution in [0.3, 0.4) is 0 Å². The molecule has 27 heavy (non-hydrogen) atoms. The number of aryl methyl sites for hydroxylation is 1. The van der Waals surface area contributed by atoms with Gasteiger partial charge < -0.3 is 10.2 Å². The Morgan fingerprint density at radius 1 is 1.33 bits per heavy atom. The summed E-state index contributed by atoms with van der Waals surface area (Å²) in [7, 11) is 0. The maximum Gasteiger partial charge on any atom is 0.230 e. The number of nitriles is 1. The molecule has 140 valence electrons. The summed E-state index contributed by atoms with van der Waals surface area (Å²) in [6.45, 7) is 3.37. The van der Waals surface area contributed by atoms with Gasteiger partial charge in [0.25, 0.3) is 0 Å². The van der Waals surface area contributed by atoms with E-state index in [4.69, 9.17) is 5.26 Å². The second kappa shape index (κ2) is 8.92. The molecule has 0 aromatic heterocycles. The highest BCUT2D eigenvalue weighted by molar-refractivity contribution is 8.00. The minimum atomic E-state index is -0.219. The van der Waals surface area contributed by atoms with Crippen molar-refractivity contribution in [3.05, 3.63) is 59.4 Å². The normalized spacial score (nSPS) is 16.6. The number of hydrogen-bond acceptors (Lipinski definition) is 4. The maximum atomic E-state index is 14.2. The van der Waals surface area contributed by atoms with Gasteiger partial charge in [0, 0.05) is 24.0 Å². The molecular weight excluding hydrogens is 361 g/mol. The van der Waals surface area contributed by atoms with Crippen molar-refractivity contribution in [3.63, 3.8) is 0 Å². The number of nitrogens with one attached hydrogen (secondary N) is 1. The molecule has 1 atom stereocenters. The molecule has 6 heteroatoms. The first-order valence-electron chi connectivity index (χ1n) is 8.98. The van der Waals surface area contributed by atoms with Gasteiger partial charge in [-0.05, 0) is 61.7 Å². The highest BCUT2D eigenvalue weighted by Crippen LogP contribution is 2.25. The molecule has 0 radical (unpaired) electrons. The first-order chi connectivity index (χ1) is 13.0. The minimum absolute atomic E-state index is 0.0210. The van der Waals surface area contributed by atoms with Crippen LogP contribution in [0.2, 0.25) is 0 Å². The first-order valence-corrected chi connectivity index (χ1v) is 9.97. The summed E-state index contributed by atoms with van der Waals surface area (Å²) in [5.74, 6) is 0.0752. The fourth-order valence-electron chi connectivity index (χ4n) is 3.22. The zero-order valence-corrected chi connectivity index (χ0v) is 16.1. The van der Waals surface area contributed by atoms with Crippen molar-refractivity contribution in [2.24, 2.45) is 0 Å². The second-order valence-corrected chi connectivity index (χ2v) is 7.78. The van der Waals surface area contributed by atoms with Crippen molar-refractivity contribution in [1.29, 1.82) is 5.26 Å². The van der Waals surface area contributed by atoms with Gasteiger partial charge in [-0.25, -0.2) is 4.39 Å². The fourth-order valence-corrected chi connectivity index (χ4v) is 3.93. The van der Waals surface area contributed by atoms with E-state index in [1.807, 2.05) is 30.0 Å². The topological polar surface area (TPSA) is 56.1 Å². The molecule has 4 nitrogen and oxygen atoms in total. The highest BCUT2D eigenvalue weighted by Gasteiger charge is 2.23. The van der Waals surface area contributed by atoms with Crippen LogP contribution in [-0.4, -0.2) is 30.8 Å². The Bertz CT molecular complexity index is 847. The summed E-state index contributed by atoms with van der Waals surface area (Å²) in [6.07, 6.45) is 1.82. The maximum absolute atomic E-state index is 14.2. The van der Waals surface area contributed by atoms with E-state index in [9.17, 15) is 9.18 Å². The number of rotatable bonds is 5. The van der Waals surface area contributed by atoms with E-state index in [-0.39, 0.29) is 17.8 Å². The lowest BCUT2D eigenvalue weighted by molar-refractivity contribution is -0.119. The van der Waals surface area contributed by atoms with E-state index in [1.54, 1.807) is 18.2 Å². The monoisotopic (exact) mass is 383 g/mol. The summed E-state index contributed by atoms with van der Waals surface area (Å²) >= 11 is 1.44. The van der Waals surface area contributed by atoms with Crippen LogP contribution in [-0.2, 0) is 4.79 Å². The Hall–Kier alpha value is -2.52. The van der Waals surface area contributed by atoms with Crippen LogP contribution in [0.15, 0.2) is 47.4 Å². The Morgan fingerprint density at radius 3 is 2.85 bits per heavy atom. The molecular formula is C21H22FN3OS. The second-order valence-electron chi connectivity index (χ2n) is 6.73. The van der Waals surface area contributed by atoms with Gasteiger partial charge in [0.15, 0.2) is 0 Å². The molecule has 1 aliphatic heterocycles. The summed E-state index contributed by atoms with van der Waals surface area (Å²) in [4.78, 5) is 15.3. The van der Waals surface area contributed by atoms with Crippen LogP contribution < -0.4 is 10.2 Å². The number of halogens is 1. The van der Waals surface area contributed by atoms with Crippen molar-refractivity contribution >= 4 is 23.4 Å². The predicted octanol–water partition coefficient (Wildman–Crippen LogP) is 3.88. The number of amides is 1. The van der Waals surface area contributed by atoms with Crippen molar-refractivity contribution in [2.45, 2.75) is 30.7 Å². The quantitative estimate of drug-likeness (QED) is 0.796. The van der Waals surface area contributed by atoms with E-state index in [0.717, 1.165) is 29.8 Å². The Morgan fingerprint density at radius 2 is 2.11 bits per heavy atom. The van der Waals surface area contributed by atoms with E-state index in [1.165, 1.54) is 17.8 Å². The van der Waals surface area contributed by atoms with Gasteiger partial charge in [0.2, 0.25) is 5.91 Å². The number of carbonyl (C=O) groups is 1. The molecule has 1 aliphatic rings. The van der Waals surface area contributed by atoms with Gasteiger partial charge in [0.1, 0.15) is 5.82 Å². The molecule has 2 aromatic carbocycles. The van der Waals surface area contributed by atoms with E-state index in [0.29, 0.717) is 23.5 Å². The average Bonchev–Trinajstić information content (AvgIpc) is 2.69. The molecule has 1 fully saturated rings. The zero-order chi connectivity index (χ0) is 19.2. The largest absolute Gasteiger partial charge is 0.367 e. The summed E-state index contributed by atoms with van der Waals surface area (Å²) in [5, 5.41) is 11.9. The van der Waals surface area contributed by atoms with Crippen LogP contribution >= 0.6 is 11.8 Å². The number of piperidine rings is 1. The third kappa shape index (κ3) is 5.24. The Balaban J connectivity index is 1.53. The fraction of sp³-hybridized carbons (Fsp3) is 0.333. The predicted molar refractivity (Wildman–Crippen MR) is 106 cm³/mol. The molecule has 0 spiro atoms. The number of nitrogens with zero attached hydrogens (tertiary/aromatic N) is 2. The third-order valence-electron chi connectivity index (χ3n) is 4.58. The number of carbonyl (C=O) groups excluding carboxylic acids is 1. The molecule has 0 bridgehead atoms. The lowest BCUT2D eigenvalue weighted by atomic mass is 10.0. The average molecular weight is 383 g/mol. The van der Waals surface area contributed by atoms with Crippen molar-refractivity contribution in [2.75, 3.05) is 23.7 Å². The van der Waals surface area contributed by atoms with Crippen LogP contribution in [0.4, 0.5) is 10.1 Å². The smallest absolute Gasteiger partial charge is 0.230 e. The number of anilines is 1. The first kappa shape index (κ1) is 19.2. The lowest BCUT2D eigenvalue weighted by Gasteiger charge is -2.35. The van der Waals surface area contributed by atoms with Crippen LogP contribution in [0, 0.1) is 24.1 Å². The molecule has 2 aromatic rings. The van der Waals surface area contributed by atoms with Crippen LogP contribution in [0.1, 0.15) is 24.0 Å². The van der Waals surface area contributed by atoms with Gasteiger partial charge in [-0.2, -0.15) is 5.26 Å². The van der Waals surface area contributed by atoms with E-state index in [2.05, 4.69) is 11.4 Å². The molecule has 1 heterocycles. The third-order valence-corrected chi connectivity index (χ3v) is 5.59. The van der Waals surface area contributed by atoms with E-state index < -0.39 is 0 Å². The van der Waals surface area contributed by atoms with Crippen molar-refractivity contribution < 1.29 is 9.18 Å². The SMILES string of the molecule is Cc1ccc(F)c(N2CCCC(NC(=O)CSc3ccc(C#N)cc3)C2)c1. The standard InChI is InChI=1S/C21H22FN3OS/c1-15-4-9-19(22)20(11-15)25-10-2-3-17(13-25)24-21(26)14-27-18-7-5-16(12-23)6-8-18/h4-9,11,17H,2-3,10,13-14H2,1H3,(H,24,26). The van der Waals surface area contributed by atoms with Gasteiger partial charge >= 0.3 is 0 Å². The Labute approximate surface area is 163 Å². The van der Waals surface area contributed by atoms with Gasteiger partial charge in [0.05, 0.1) is 23.1 Å². The van der Waals surface area contributed by atoms with Crippen molar-refractivity contribution in [1.82, 2.24) is 5.32 Å². The number of hydrogen-bond donors (Lipinski definition) is 1. The molecule has 1 unspecified atom stereocenters. The van der Waals surface area contributed by atoms with Crippen LogP contribution in [0.5, 0.6) is 0 Å². The summed E-state index contributed by atoms with van der Waals surface area (Å²) in [5.41, 5.74) is 2.24. The number of thioether (sulfide) groups is 1. The molecule has 0 aliphatic carbocycles. The van der Waals surface area contributed by atoms with Crippen molar-refractivity contribution in [3.8, 4) is 6.07 Å². The summed E-state index contributed by atoms with van der Waals surface area (Å²) < 4.78 is 14.2. The van der Waals surface area contributed by atoms with Crippen LogP contribution in [0.25, 0.3) is 0 Å². The molecule has 1 amide bonds. The Kier molecular flexibility index (Phi) is 6.36. The van der Waals surface area contributed by atoms with Gasteiger partial charge in [-0.1, -0.05) is 6.07 Å². The number of benzene rings is 2. The van der Waals surface area contributed by atoms with E-state index >= 15 is 0 Å². The lowest BCUT2D eigenvalue weighted by Crippen LogP contribution is -2.48. The highest BCUT2D eigenvalue weighted by atomic mass is 32.2. The molecule has 0 saturated carbocycles. The molecule has 1 N–H and O–H groups in total. The van der Waals surface area contributed by atoms with Gasteiger partial charge in [-0.3, -0.25) is 4.79 Å².